The van der Waals surface area contributed by atoms with Crippen LogP contribution in [-0.4, -0.2) is 30.1 Å². The van der Waals surface area contributed by atoms with Gasteiger partial charge in [0.05, 0.1) is 11.4 Å². The molecule has 0 saturated carbocycles. The van der Waals surface area contributed by atoms with E-state index in [1.54, 1.807) is 36.2 Å². The normalized spacial score (nSPS) is 10.2. The number of aromatic nitrogens is 1. The summed E-state index contributed by atoms with van der Waals surface area (Å²) in [7, 11) is 3.38. The molecule has 0 saturated heterocycles. The van der Waals surface area contributed by atoms with Crippen LogP contribution in [0.2, 0.25) is 0 Å². The topological polar surface area (TPSA) is 92.5 Å². The number of hydrogen-bond donors (Lipinski definition) is 3. The Morgan fingerprint density at radius 3 is 2.50 bits per heavy atom. The Morgan fingerprint density at radius 1 is 1.13 bits per heavy atom. The van der Waals surface area contributed by atoms with Crippen LogP contribution in [0, 0.1) is 0 Å². The number of ether oxygens (including phenoxy) is 1. The molecule has 0 bridgehead atoms. The first-order chi connectivity index (χ1) is 14.4. The molecule has 0 radical (unpaired) electrons. The maximum Gasteiger partial charge on any atom is 0.269 e. The first kappa shape index (κ1) is 21.5. The van der Waals surface area contributed by atoms with Crippen molar-refractivity contribution in [3.63, 3.8) is 0 Å². The number of nitrogens with zero attached hydrogens (tertiary/aromatic N) is 2. The highest BCUT2D eigenvalue weighted by molar-refractivity contribution is 9.10. The number of nitrogens with one attached hydrogen (secondary N) is 2. The van der Waals surface area contributed by atoms with E-state index in [9.17, 15) is 4.79 Å². The number of anilines is 3. The van der Waals surface area contributed by atoms with E-state index in [1.165, 1.54) is 6.20 Å². The molecule has 0 unspecified atom stereocenters. The average molecular weight is 486 g/mol. The van der Waals surface area contributed by atoms with Gasteiger partial charge in [-0.2, -0.15) is 0 Å². The fourth-order valence-corrected chi connectivity index (χ4v) is 3.09. The zero-order valence-electron chi connectivity index (χ0n) is 16.3. The van der Waals surface area contributed by atoms with E-state index >= 15 is 0 Å². The molecular weight excluding hydrogens is 466 g/mol. The van der Waals surface area contributed by atoms with E-state index in [-0.39, 0.29) is 11.6 Å². The molecule has 30 heavy (non-hydrogen) atoms. The number of pyridine rings is 1. The van der Waals surface area contributed by atoms with Crippen molar-refractivity contribution in [1.82, 2.24) is 10.3 Å². The van der Waals surface area contributed by atoms with Crippen LogP contribution < -0.4 is 26.0 Å². The molecule has 9 heteroatoms. The Morgan fingerprint density at radius 2 is 1.83 bits per heavy atom. The Labute approximate surface area is 188 Å². The lowest BCUT2D eigenvalue weighted by Crippen LogP contribution is -2.31. The van der Waals surface area contributed by atoms with Crippen LogP contribution in [-0.2, 0) is 0 Å². The molecule has 3 aromatic rings. The molecule has 0 spiro atoms. The van der Waals surface area contributed by atoms with Crippen LogP contribution in [0.15, 0.2) is 65.3 Å². The first-order valence-electron chi connectivity index (χ1n) is 8.93. The van der Waals surface area contributed by atoms with Crippen molar-refractivity contribution in [1.29, 1.82) is 0 Å². The molecular formula is C21H20BrN5O2S. The predicted molar refractivity (Wildman–Crippen MR) is 127 cm³/mol. The lowest BCUT2D eigenvalue weighted by Gasteiger charge is -2.23. The number of halogens is 1. The molecule has 1 aromatic heterocycles. The number of benzene rings is 2. The van der Waals surface area contributed by atoms with Crippen molar-refractivity contribution in [2.24, 2.45) is 0 Å². The van der Waals surface area contributed by atoms with Gasteiger partial charge in [-0.15, -0.1) is 0 Å². The molecule has 1 amide bonds. The summed E-state index contributed by atoms with van der Waals surface area (Å²) in [5.41, 5.74) is 8.61. The second kappa shape index (κ2) is 9.55. The Balaban J connectivity index is 1.72. The van der Waals surface area contributed by atoms with Gasteiger partial charge in [0.25, 0.3) is 5.91 Å². The van der Waals surface area contributed by atoms with Gasteiger partial charge in [-0.25, -0.2) is 0 Å². The number of amides is 1. The van der Waals surface area contributed by atoms with E-state index in [2.05, 4.69) is 31.5 Å². The zero-order chi connectivity index (χ0) is 21.7. The average Bonchev–Trinajstić information content (AvgIpc) is 2.74. The van der Waals surface area contributed by atoms with Crippen LogP contribution in [0.3, 0.4) is 0 Å². The highest BCUT2D eigenvalue weighted by Crippen LogP contribution is 2.30. The Kier molecular flexibility index (Phi) is 6.86. The molecule has 154 valence electrons. The minimum Gasteiger partial charge on any atom is -0.457 e. The van der Waals surface area contributed by atoms with Crippen LogP contribution in [0.1, 0.15) is 10.5 Å². The Bertz CT molecular complexity index is 1080. The maximum atomic E-state index is 11.7. The lowest BCUT2D eigenvalue weighted by atomic mass is 10.2. The number of nitrogens with two attached hydrogens (primary N) is 1. The molecule has 2 aromatic carbocycles. The monoisotopic (exact) mass is 485 g/mol. The van der Waals surface area contributed by atoms with Crippen LogP contribution in [0.25, 0.3) is 0 Å². The number of carbonyl (C=O) groups is 1. The SMILES string of the molecule is CNC(=O)c1cc(Oc2ccc(N(C)C(=S)Nc3ccc(Br)cc3)c(N)c2)ccn1. The van der Waals surface area contributed by atoms with Crippen molar-refractivity contribution in [3.05, 3.63) is 71.0 Å². The van der Waals surface area contributed by atoms with Gasteiger partial charge in [0, 0.05) is 42.6 Å². The molecule has 0 fully saturated rings. The minimum atomic E-state index is -0.288. The Hall–Kier alpha value is -3.17. The summed E-state index contributed by atoms with van der Waals surface area (Å²) in [6, 6.07) is 16.2. The van der Waals surface area contributed by atoms with E-state index in [0.717, 1.165) is 15.8 Å². The lowest BCUT2D eigenvalue weighted by molar-refractivity contribution is 0.0958. The van der Waals surface area contributed by atoms with Gasteiger partial charge in [-0.1, -0.05) is 15.9 Å². The van der Waals surface area contributed by atoms with Crippen molar-refractivity contribution >= 4 is 56.2 Å². The van der Waals surface area contributed by atoms with Crippen molar-refractivity contribution in [3.8, 4) is 11.5 Å². The maximum absolute atomic E-state index is 11.7. The standard InChI is InChI=1S/C21H20BrN5O2S/c1-24-20(28)18-12-16(9-10-25-18)29-15-7-8-19(17(23)11-15)27(2)21(30)26-14-5-3-13(22)4-6-14/h3-12H,23H2,1-2H3,(H,24,28)(H,26,30). The minimum absolute atomic E-state index is 0.267. The zero-order valence-corrected chi connectivity index (χ0v) is 18.8. The molecule has 0 aliphatic carbocycles. The summed E-state index contributed by atoms with van der Waals surface area (Å²) in [5, 5.41) is 6.21. The summed E-state index contributed by atoms with van der Waals surface area (Å²) in [4.78, 5) is 17.5. The fourth-order valence-electron chi connectivity index (χ4n) is 2.61. The third-order valence-electron chi connectivity index (χ3n) is 4.19. The van der Waals surface area contributed by atoms with Crippen LogP contribution >= 0.6 is 28.1 Å². The highest BCUT2D eigenvalue weighted by atomic mass is 79.9. The van der Waals surface area contributed by atoms with Gasteiger partial charge >= 0.3 is 0 Å². The predicted octanol–water partition coefficient (Wildman–Crippen LogP) is 4.41. The largest absolute Gasteiger partial charge is 0.457 e. The van der Waals surface area contributed by atoms with Gasteiger partial charge in [0.1, 0.15) is 17.2 Å². The van der Waals surface area contributed by atoms with E-state index in [1.807, 2.05) is 37.4 Å². The number of hydrogen-bond acceptors (Lipinski definition) is 5. The van der Waals surface area contributed by atoms with Crippen molar-refractivity contribution in [2.75, 3.05) is 30.0 Å². The van der Waals surface area contributed by atoms with Crippen molar-refractivity contribution < 1.29 is 9.53 Å². The summed E-state index contributed by atoms with van der Waals surface area (Å²) in [6.45, 7) is 0. The second-order valence-corrected chi connectivity index (χ2v) is 7.58. The molecule has 7 nitrogen and oxygen atoms in total. The quantitative estimate of drug-likeness (QED) is 0.364. The third-order valence-corrected chi connectivity index (χ3v) is 5.09. The van der Waals surface area contributed by atoms with Gasteiger partial charge < -0.3 is 26.0 Å². The van der Waals surface area contributed by atoms with Gasteiger partial charge in [-0.3, -0.25) is 9.78 Å². The summed E-state index contributed by atoms with van der Waals surface area (Å²) in [5.74, 6) is 0.728. The van der Waals surface area contributed by atoms with Gasteiger partial charge in [0.15, 0.2) is 5.11 Å². The molecule has 0 atom stereocenters. The molecule has 3 rings (SSSR count). The summed E-state index contributed by atoms with van der Waals surface area (Å²) < 4.78 is 6.81. The van der Waals surface area contributed by atoms with Crippen LogP contribution in [0.4, 0.5) is 17.1 Å². The number of nitrogen functional groups attached to an aromatic ring is 1. The van der Waals surface area contributed by atoms with Gasteiger partial charge in [0.2, 0.25) is 0 Å². The summed E-state index contributed by atoms with van der Waals surface area (Å²) in [6.07, 6.45) is 1.51. The van der Waals surface area contributed by atoms with E-state index in [0.29, 0.717) is 22.3 Å². The number of carbonyl (C=O) groups excluding carboxylic acids is 1. The fraction of sp³-hybridized carbons (Fsp3) is 0.0952. The number of rotatable bonds is 5. The summed E-state index contributed by atoms with van der Waals surface area (Å²) >= 11 is 8.90. The molecule has 1 heterocycles. The molecule has 0 aliphatic heterocycles. The molecule has 0 aliphatic rings. The smallest absolute Gasteiger partial charge is 0.269 e. The highest BCUT2D eigenvalue weighted by Gasteiger charge is 2.13. The third kappa shape index (κ3) is 5.25. The van der Waals surface area contributed by atoms with E-state index < -0.39 is 0 Å². The van der Waals surface area contributed by atoms with Crippen LogP contribution in [0.5, 0.6) is 11.5 Å². The molecule has 4 N–H and O–H groups in total. The van der Waals surface area contributed by atoms with Crippen molar-refractivity contribution in [2.45, 2.75) is 0 Å². The second-order valence-electron chi connectivity index (χ2n) is 6.27. The van der Waals surface area contributed by atoms with E-state index in [4.69, 9.17) is 22.7 Å². The first-order valence-corrected chi connectivity index (χ1v) is 10.1. The van der Waals surface area contributed by atoms with Gasteiger partial charge in [-0.05, 0) is 54.7 Å². The number of thiocarbonyl (C=S) groups is 1.